The number of amides is 1. The van der Waals surface area contributed by atoms with Crippen molar-refractivity contribution in [2.45, 2.75) is 45.7 Å². The van der Waals surface area contributed by atoms with Gasteiger partial charge in [0.25, 0.3) is 5.91 Å². The summed E-state index contributed by atoms with van der Waals surface area (Å²) in [5, 5.41) is 7.61. The van der Waals surface area contributed by atoms with Crippen LogP contribution in [0.4, 0.5) is 0 Å². The molecule has 0 fully saturated rings. The summed E-state index contributed by atoms with van der Waals surface area (Å²) in [5.74, 6) is 1.95. The first kappa shape index (κ1) is 18.4. The number of carbonyl (C=O) groups is 1. The lowest BCUT2D eigenvalue weighted by atomic mass is 9.97. The van der Waals surface area contributed by atoms with E-state index in [2.05, 4.69) is 48.3 Å². The van der Waals surface area contributed by atoms with Crippen LogP contribution in [-0.4, -0.2) is 26.0 Å². The molecule has 28 heavy (non-hydrogen) atoms. The van der Waals surface area contributed by atoms with Gasteiger partial charge in [-0.25, -0.2) is 4.98 Å². The van der Waals surface area contributed by atoms with E-state index >= 15 is 0 Å². The smallest absolute Gasteiger partial charge is 0.255 e. The topological polar surface area (TPSA) is 61.9 Å². The lowest BCUT2D eigenvalue weighted by Gasteiger charge is -2.30. The Labute approximate surface area is 165 Å². The zero-order chi connectivity index (χ0) is 19.5. The molecule has 1 N–H and O–H groups in total. The first-order valence-corrected chi connectivity index (χ1v) is 10.0. The zero-order valence-corrected chi connectivity index (χ0v) is 16.4. The van der Waals surface area contributed by atoms with Crippen molar-refractivity contribution in [3.8, 4) is 0 Å². The Morgan fingerprint density at radius 2 is 1.82 bits per heavy atom. The van der Waals surface area contributed by atoms with Crippen molar-refractivity contribution >= 4 is 5.91 Å². The van der Waals surface area contributed by atoms with E-state index in [9.17, 15) is 4.79 Å². The molecule has 5 nitrogen and oxygen atoms in total. The summed E-state index contributed by atoms with van der Waals surface area (Å²) in [7, 11) is 0. The molecule has 0 spiro atoms. The molecule has 0 unspecified atom stereocenters. The van der Waals surface area contributed by atoms with Crippen LogP contribution in [0.15, 0.2) is 54.6 Å². The van der Waals surface area contributed by atoms with Crippen LogP contribution in [0.25, 0.3) is 0 Å². The third-order valence-electron chi connectivity index (χ3n) is 5.67. The van der Waals surface area contributed by atoms with Crippen molar-refractivity contribution in [3.05, 3.63) is 82.9 Å². The molecule has 1 aliphatic rings. The van der Waals surface area contributed by atoms with E-state index in [1.54, 1.807) is 0 Å². The van der Waals surface area contributed by atoms with Crippen LogP contribution in [0.3, 0.4) is 0 Å². The summed E-state index contributed by atoms with van der Waals surface area (Å²) >= 11 is 0. The number of carbonyl (C=O) groups excluding carboxylic acids is 1. The first-order valence-electron chi connectivity index (χ1n) is 10.0. The van der Waals surface area contributed by atoms with E-state index in [-0.39, 0.29) is 17.9 Å². The Balaban J connectivity index is 1.54. The van der Waals surface area contributed by atoms with Crippen LogP contribution >= 0.6 is 0 Å². The molecule has 1 amide bonds. The van der Waals surface area contributed by atoms with Gasteiger partial charge in [0, 0.05) is 18.5 Å². The van der Waals surface area contributed by atoms with Gasteiger partial charge < -0.3 is 4.90 Å². The van der Waals surface area contributed by atoms with Crippen LogP contribution in [0.5, 0.6) is 0 Å². The number of aromatic amines is 1. The summed E-state index contributed by atoms with van der Waals surface area (Å²) in [4.78, 5) is 19.7. The highest BCUT2D eigenvalue weighted by Crippen LogP contribution is 2.35. The van der Waals surface area contributed by atoms with Gasteiger partial charge in [0.05, 0.1) is 6.04 Å². The molecule has 0 saturated carbocycles. The average Bonchev–Trinajstić information content (AvgIpc) is 3.33. The zero-order valence-electron chi connectivity index (χ0n) is 16.4. The van der Waals surface area contributed by atoms with Crippen molar-refractivity contribution in [1.82, 2.24) is 20.1 Å². The Bertz CT molecular complexity index is 950. The number of hydrogen-bond acceptors (Lipinski definition) is 3. The molecule has 2 atom stereocenters. The number of aromatic nitrogens is 3. The second-order valence-corrected chi connectivity index (χ2v) is 7.55. The second kappa shape index (κ2) is 7.97. The van der Waals surface area contributed by atoms with E-state index in [4.69, 9.17) is 4.98 Å². The molecule has 0 saturated heterocycles. The summed E-state index contributed by atoms with van der Waals surface area (Å²) in [6.07, 6.45) is 2.68. The number of benzene rings is 2. The van der Waals surface area contributed by atoms with Gasteiger partial charge in [-0.1, -0.05) is 68.8 Å². The van der Waals surface area contributed by atoms with Gasteiger partial charge in [0.1, 0.15) is 5.82 Å². The number of rotatable bonds is 7. The van der Waals surface area contributed by atoms with E-state index < -0.39 is 0 Å². The molecule has 2 heterocycles. The van der Waals surface area contributed by atoms with Crippen molar-refractivity contribution in [1.29, 1.82) is 0 Å². The minimum Gasteiger partial charge on any atom is -0.324 e. The standard InChI is InChI=1S/C23H26N4O/c1-3-16(2)21(27-15-18-11-7-8-12-19(18)23(27)28)22-24-20(25-26-22)14-13-17-9-5-4-6-10-17/h4-12,16,21H,3,13-15H2,1-2H3,(H,24,25,26)/t16-,21+/m1/s1. The van der Waals surface area contributed by atoms with E-state index in [0.29, 0.717) is 6.54 Å². The molecule has 5 heteroatoms. The van der Waals surface area contributed by atoms with Crippen LogP contribution < -0.4 is 0 Å². The maximum Gasteiger partial charge on any atom is 0.255 e. The van der Waals surface area contributed by atoms with Gasteiger partial charge in [-0.15, -0.1) is 0 Å². The maximum absolute atomic E-state index is 13.0. The number of H-pyrrole nitrogens is 1. The van der Waals surface area contributed by atoms with Gasteiger partial charge >= 0.3 is 0 Å². The number of nitrogens with one attached hydrogen (secondary N) is 1. The van der Waals surface area contributed by atoms with Gasteiger partial charge in [-0.05, 0) is 29.5 Å². The second-order valence-electron chi connectivity index (χ2n) is 7.55. The molecular weight excluding hydrogens is 348 g/mol. The fraction of sp³-hybridized carbons (Fsp3) is 0.348. The predicted molar refractivity (Wildman–Crippen MR) is 109 cm³/mol. The molecule has 0 radical (unpaired) electrons. The van der Waals surface area contributed by atoms with Crippen LogP contribution in [-0.2, 0) is 19.4 Å². The Kier molecular flexibility index (Phi) is 5.24. The Morgan fingerprint density at radius 3 is 2.57 bits per heavy atom. The quantitative estimate of drug-likeness (QED) is 0.669. The lowest BCUT2D eigenvalue weighted by Crippen LogP contribution is -2.34. The van der Waals surface area contributed by atoms with Crippen LogP contribution in [0.1, 0.15) is 59.4 Å². The molecule has 3 aromatic rings. The van der Waals surface area contributed by atoms with Crippen LogP contribution in [0, 0.1) is 5.92 Å². The van der Waals surface area contributed by atoms with Gasteiger partial charge in [-0.3, -0.25) is 9.89 Å². The third kappa shape index (κ3) is 3.57. The summed E-state index contributed by atoms with van der Waals surface area (Å²) < 4.78 is 0. The largest absolute Gasteiger partial charge is 0.324 e. The molecule has 0 aliphatic carbocycles. The minimum atomic E-state index is -0.119. The monoisotopic (exact) mass is 374 g/mol. The molecule has 1 aromatic heterocycles. The third-order valence-corrected chi connectivity index (χ3v) is 5.67. The summed E-state index contributed by atoms with van der Waals surface area (Å²) in [6.45, 7) is 4.94. The Morgan fingerprint density at radius 1 is 1.07 bits per heavy atom. The van der Waals surface area contributed by atoms with E-state index in [1.807, 2.05) is 35.2 Å². The fourth-order valence-electron chi connectivity index (χ4n) is 3.89. The summed E-state index contributed by atoms with van der Waals surface area (Å²) in [6, 6.07) is 18.1. The highest BCUT2D eigenvalue weighted by Gasteiger charge is 2.37. The minimum absolute atomic E-state index is 0.0801. The maximum atomic E-state index is 13.0. The molecule has 0 bridgehead atoms. The highest BCUT2D eigenvalue weighted by atomic mass is 16.2. The van der Waals surface area contributed by atoms with Crippen molar-refractivity contribution in [3.63, 3.8) is 0 Å². The number of aryl methyl sites for hydroxylation is 2. The first-order chi connectivity index (χ1) is 13.7. The van der Waals surface area contributed by atoms with Gasteiger partial charge in [0.2, 0.25) is 0 Å². The average molecular weight is 374 g/mol. The van der Waals surface area contributed by atoms with E-state index in [1.165, 1.54) is 5.56 Å². The fourth-order valence-corrected chi connectivity index (χ4v) is 3.89. The summed E-state index contributed by atoms with van der Waals surface area (Å²) in [5.41, 5.74) is 3.17. The molecule has 144 valence electrons. The number of nitrogens with zero attached hydrogens (tertiary/aromatic N) is 3. The van der Waals surface area contributed by atoms with E-state index in [0.717, 1.165) is 42.0 Å². The van der Waals surface area contributed by atoms with Gasteiger partial charge in [0.15, 0.2) is 5.82 Å². The van der Waals surface area contributed by atoms with Crippen molar-refractivity contribution in [2.75, 3.05) is 0 Å². The van der Waals surface area contributed by atoms with Crippen molar-refractivity contribution in [2.24, 2.45) is 5.92 Å². The molecule has 2 aromatic carbocycles. The van der Waals surface area contributed by atoms with Crippen LogP contribution in [0.2, 0.25) is 0 Å². The predicted octanol–water partition coefficient (Wildman–Crippen LogP) is 4.33. The lowest BCUT2D eigenvalue weighted by molar-refractivity contribution is 0.0623. The van der Waals surface area contributed by atoms with Crippen molar-refractivity contribution < 1.29 is 4.79 Å². The number of fused-ring (bicyclic) bond motifs is 1. The SMILES string of the molecule is CC[C@@H](C)[C@@H](c1n[nH]c(CCc2ccccc2)n1)N1Cc2ccccc2C1=O. The Hall–Kier alpha value is -2.95. The normalized spacial score (nSPS) is 15.5. The van der Waals surface area contributed by atoms with Gasteiger partial charge in [-0.2, -0.15) is 5.10 Å². The molecular formula is C23H26N4O. The molecule has 4 rings (SSSR count). The highest BCUT2D eigenvalue weighted by molar-refractivity contribution is 5.98. The molecule has 1 aliphatic heterocycles. The number of hydrogen-bond donors (Lipinski definition) is 1.